The molecule has 1 unspecified atom stereocenters. The molecule has 1 aliphatic rings. The van der Waals surface area contributed by atoms with E-state index in [-0.39, 0.29) is 12.6 Å². The molecule has 4 rings (SSSR count). The van der Waals surface area contributed by atoms with E-state index in [0.717, 1.165) is 23.4 Å². The predicted molar refractivity (Wildman–Crippen MR) is 137 cm³/mol. The lowest BCUT2D eigenvalue weighted by molar-refractivity contribution is 0.122. The molecule has 0 bridgehead atoms. The van der Waals surface area contributed by atoms with Gasteiger partial charge in [0.1, 0.15) is 24.2 Å². The molecule has 10 heteroatoms. The summed E-state index contributed by atoms with van der Waals surface area (Å²) in [4.78, 5) is 21.1. The van der Waals surface area contributed by atoms with Gasteiger partial charge in [-0.3, -0.25) is 0 Å². The highest BCUT2D eigenvalue weighted by Gasteiger charge is 2.22. The van der Waals surface area contributed by atoms with Gasteiger partial charge in [0.2, 0.25) is 0 Å². The van der Waals surface area contributed by atoms with Gasteiger partial charge in [-0.25, -0.2) is 14.3 Å². The van der Waals surface area contributed by atoms with E-state index >= 15 is 0 Å². The number of nitrogens with zero attached hydrogens (tertiary/aromatic N) is 6. The molecule has 1 fully saturated rings. The highest BCUT2D eigenvalue weighted by molar-refractivity contribution is 5.85. The van der Waals surface area contributed by atoms with Gasteiger partial charge in [0.25, 0.3) is 0 Å². The molecule has 0 spiro atoms. The third kappa shape index (κ3) is 5.69. The normalized spacial score (nSPS) is 15.4. The van der Waals surface area contributed by atoms with Crippen LogP contribution in [0.2, 0.25) is 0 Å². The number of aromatic nitrogens is 3. The van der Waals surface area contributed by atoms with E-state index < -0.39 is 6.10 Å². The van der Waals surface area contributed by atoms with Crippen LogP contribution in [0.3, 0.4) is 0 Å². The molecule has 3 aromatic rings. The zero-order valence-corrected chi connectivity index (χ0v) is 21.0. The minimum Gasteiger partial charge on any atom is -0.489 e. The number of urea groups is 1. The van der Waals surface area contributed by atoms with Crippen LogP contribution in [-0.2, 0) is 0 Å². The smallest absolute Gasteiger partial charge is 0.317 e. The zero-order chi connectivity index (χ0) is 25.7. The average molecular weight is 492 g/mol. The fourth-order valence-electron chi connectivity index (χ4n) is 4.08. The molecule has 0 aromatic carbocycles. The van der Waals surface area contributed by atoms with Crippen LogP contribution in [0.1, 0.15) is 32.8 Å². The highest BCUT2D eigenvalue weighted by atomic mass is 16.5. The number of nitrogens with one attached hydrogen (secondary N) is 1. The summed E-state index contributed by atoms with van der Waals surface area (Å²) in [6.45, 7) is 9.44. The Labute approximate surface area is 211 Å². The topological polar surface area (TPSA) is 119 Å². The van der Waals surface area contributed by atoms with Gasteiger partial charge in [-0.05, 0) is 31.0 Å². The number of ether oxygens (including phenoxy) is 1. The Morgan fingerprint density at radius 2 is 2.03 bits per heavy atom. The summed E-state index contributed by atoms with van der Waals surface area (Å²) in [7, 11) is 0. The number of aliphatic hydroxyl groups excluding tert-OH is 1. The van der Waals surface area contributed by atoms with Crippen molar-refractivity contribution in [3.8, 4) is 22.9 Å². The fraction of sp³-hybridized carbons (Fsp3) is 0.462. The van der Waals surface area contributed by atoms with E-state index in [4.69, 9.17) is 4.74 Å². The molecule has 3 aromatic heterocycles. The third-order valence-corrected chi connectivity index (χ3v) is 6.45. The van der Waals surface area contributed by atoms with Crippen LogP contribution in [0.15, 0.2) is 36.8 Å². The molecule has 0 radical (unpaired) electrons. The average Bonchev–Trinajstić information content (AvgIpc) is 3.33. The van der Waals surface area contributed by atoms with Gasteiger partial charge in [-0.1, -0.05) is 20.3 Å². The first-order valence-electron chi connectivity index (χ1n) is 12.4. The zero-order valence-electron chi connectivity index (χ0n) is 21.0. The van der Waals surface area contributed by atoms with Gasteiger partial charge in [0, 0.05) is 50.0 Å². The number of hydrogen-bond acceptors (Lipinski definition) is 7. The maximum atomic E-state index is 12.4. The molecular formula is C26H33N7O3. The summed E-state index contributed by atoms with van der Waals surface area (Å²) in [5.41, 5.74) is 2.73. The summed E-state index contributed by atoms with van der Waals surface area (Å²) in [6.07, 6.45) is 5.44. The maximum Gasteiger partial charge on any atom is 0.317 e. The fourth-order valence-corrected chi connectivity index (χ4v) is 4.08. The molecule has 36 heavy (non-hydrogen) atoms. The summed E-state index contributed by atoms with van der Waals surface area (Å²) >= 11 is 0. The van der Waals surface area contributed by atoms with Crippen molar-refractivity contribution in [3.63, 3.8) is 0 Å². The first-order chi connectivity index (χ1) is 17.4. The van der Waals surface area contributed by atoms with Gasteiger partial charge in [0.15, 0.2) is 0 Å². The lowest BCUT2D eigenvalue weighted by Crippen LogP contribution is -2.52. The number of anilines is 1. The molecule has 1 aliphatic heterocycles. The molecule has 2 atom stereocenters. The van der Waals surface area contributed by atoms with Crippen LogP contribution in [0.5, 0.6) is 5.75 Å². The molecule has 10 nitrogen and oxygen atoms in total. The second kappa shape index (κ2) is 11.3. The van der Waals surface area contributed by atoms with Crippen molar-refractivity contribution >= 4 is 17.4 Å². The monoisotopic (exact) mass is 491 g/mol. The third-order valence-electron chi connectivity index (χ3n) is 6.45. The van der Waals surface area contributed by atoms with Gasteiger partial charge in [-0.2, -0.15) is 10.4 Å². The van der Waals surface area contributed by atoms with Crippen LogP contribution in [-0.4, -0.2) is 76.1 Å². The second-order valence-corrected chi connectivity index (χ2v) is 9.29. The van der Waals surface area contributed by atoms with E-state index in [2.05, 4.69) is 40.2 Å². The van der Waals surface area contributed by atoms with Crippen molar-refractivity contribution in [3.05, 3.63) is 42.4 Å². The number of pyridine rings is 2. The summed E-state index contributed by atoms with van der Waals surface area (Å²) in [6, 6.07) is 7.95. The number of hydrogen-bond donors (Lipinski definition) is 2. The largest absolute Gasteiger partial charge is 0.489 e. The Bertz CT molecular complexity index is 1220. The van der Waals surface area contributed by atoms with Gasteiger partial charge in [-0.15, -0.1) is 0 Å². The van der Waals surface area contributed by atoms with Gasteiger partial charge < -0.3 is 25.0 Å². The number of nitriles is 1. The van der Waals surface area contributed by atoms with E-state index in [1.54, 1.807) is 23.8 Å². The molecule has 2 N–H and O–H groups in total. The first kappa shape index (κ1) is 25.3. The number of amides is 2. The number of carbonyl (C=O) groups excluding carboxylic acids is 1. The molecule has 2 amide bonds. The van der Waals surface area contributed by atoms with Gasteiger partial charge >= 0.3 is 6.03 Å². The Hall–Kier alpha value is -3.84. The van der Waals surface area contributed by atoms with Gasteiger partial charge in [0.05, 0.1) is 29.6 Å². The second-order valence-electron chi connectivity index (χ2n) is 9.29. The Morgan fingerprint density at radius 3 is 2.67 bits per heavy atom. The van der Waals surface area contributed by atoms with Crippen molar-refractivity contribution in [2.45, 2.75) is 33.3 Å². The van der Waals surface area contributed by atoms with Crippen molar-refractivity contribution in [1.82, 2.24) is 24.8 Å². The minimum atomic E-state index is -0.608. The number of rotatable bonds is 8. The molecular weight excluding hydrogens is 458 g/mol. The summed E-state index contributed by atoms with van der Waals surface area (Å²) in [5.74, 6) is 1.85. The van der Waals surface area contributed by atoms with Crippen LogP contribution in [0.4, 0.5) is 10.6 Å². The standard InChI is InChI=1S/C26H33N7O3/c1-4-18(2)13-29-26(35)32-9-7-31(8-10-32)24-6-5-20(14-28-24)23-11-22(36-17-19(3)34)16-33-25(23)21(12-27)15-30-33/h5-6,11,14-16,18-19,34H,4,7-10,13,17H2,1-3H3,(H,29,35)/t18?,19-/m0/s1. The highest BCUT2D eigenvalue weighted by Crippen LogP contribution is 2.31. The van der Waals surface area contributed by atoms with Crippen molar-refractivity contribution in [1.29, 1.82) is 5.26 Å². The lowest BCUT2D eigenvalue weighted by atomic mass is 10.1. The lowest BCUT2D eigenvalue weighted by Gasteiger charge is -2.35. The Balaban J connectivity index is 1.48. The van der Waals surface area contributed by atoms with Crippen molar-refractivity contribution in [2.24, 2.45) is 5.92 Å². The van der Waals surface area contributed by atoms with Crippen LogP contribution < -0.4 is 15.0 Å². The van der Waals surface area contributed by atoms with E-state index in [9.17, 15) is 15.2 Å². The maximum absolute atomic E-state index is 12.4. The van der Waals surface area contributed by atoms with Crippen LogP contribution in [0, 0.1) is 17.2 Å². The molecule has 1 saturated heterocycles. The summed E-state index contributed by atoms with van der Waals surface area (Å²) in [5, 5.41) is 26.5. The van der Waals surface area contributed by atoms with Crippen molar-refractivity contribution < 1.29 is 14.6 Å². The summed E-state index contributed by atoms with van der Waals surface area (Å²) < 4.78 is 7.32. The molecule has 0 aliphatic carbocycles. The first-order valence-corrected chi connectivity index (χ1v) is 12.4. The number of carbonyl (C=O) groups is 1. The van der Waals surface area contributed by atoms with Crippen LogP contribution >= 0.6 is 0 Å². The predicted octanol–water partition coefficient (Wildman–Crippen LogP) is 2.91. The number of aliphatic hydroxyl groups is 1. The quantitative estimate of drug-likeness (QED) is 0.497. The van der Waals surface area contributed by atoms with E-state index in [1.165, 1.54) is 6.20 Å². The van der Waals surface area contributed by atoms with E-state index in [0.29, 0.717) is 55.5 Å². The molecule has 0 saturated carbocycles. The van der Waals surface area contributed by atoms with Crippen LogP contribution in [0.25, 0.3) is 16.6 Å². The minimum absolute atomic E-state index is 0.00549. The molecule has 190 valence electrons. The number of piperazine rings is 1. The SMILES string of the molecule is CCC(C)CNC(=O)N1CCN(c2ccc(-c3cc(OC[C@H](C)O)cn4ncc(C#N)c34)cn2)CC1. The Morgan fingerprint density at radius 1 is 1.25 bits per heavy atom. The van der Waals surface area contributed by atoms with E-state index in [1.807, 2.05) is 23.1 Å². The molecule has 4 heterocycles. The van der Waals surface area contributed by atoms with Crippen molar-refractivity contribution in [2.75, 3.05) is 44.2 Å². The Kier molecular flexibility index (Phi) is 7.90. The number of fused-ring (bicyclic) bond motifs is 1.